The van der Waals surface area contributed by atoms with Gasteiger partial charge < -0.3 is 47.2 Å². The Hall–Kier alpha value is -10.4. The number of amides is 5. The van der Waals surface area contributed by atoms with E-state index in [9.17, 15) is 68.2 Å². The summed E-state index contributed by atoms with van der Waals surface area (Å²) in [5.41, 5.74) is 7.00. The first-order valence-corrected chi connectivity index (χ1v) is 27.5. The van der Waals surface area contributed by atoms with E-state index in [1.54, 1.807) is 38.1 Å². The van der Waals surface area contributed by atoms with Crippen LogP contribution in [-0.4, -0.2) is 113 Å². The van der Waals surface area contributed by atoms with Crippen LogP contribution in [0, 0.1) is 37.1 Å². The van der Waals surface area contributed by atoms with E-state index in [1.807, 2.05) is 38.0 Å². The topological polar surface area (TPSA) is 239 Å². The molecule has 0 radical (unpaired) electrons. The number of aromatic nitrogens is 4. The zero-order valence-corrected chi connectivity index (χ0v) is 49.3. The normalized spacial score (nSPS) is 12.8. The molecule has 476 valence electrons. The fraction of sp³-hybridized carbons (Fsp3) is 0.226. The second kappa shape index (κ2) is 28.0. The van der Waals surface area contributed by atoms with Crippen LogP contribution in [0.2, 0.25) is 0 Å². The lowest BCUT2D eigenvalue weighted by Gasteiger charge is -2.31. The second-order valence-corrected chi connectivity index (χ2v) is 21.0. The zero-order valence-electron chi connectivity index (χ0n) is 49.3. The lowest BCUT2D eigenvalue weighted by atomic mass is 9.97. The standard InChI is InChI=1S/C31H28F5N7O2.C24H24F2N6O3.C7H6F3N/c1-17-7-8-18(28(44)39-20-11-9-19(10-12-20)31(34,35)36)15-21(17)25-22-16-38-30(45)43(26-23(32)5-4-6-24(26)33)27(22)41-29(40-25)37-13-14-42(2)3;1-13-7-8-14(22(33)34)11-15(13)19-16-12-28-24(35)32(20-17(25)5-4-6-18(20)26)21(16)30-23(29-19)27-9-10-31(2)3;8-7(9,10)5-1-3-6(11)4-2-5/h4-12,15H,13-14,16H2,1-3H3,(H,38,45)(H,39,44)(H,37,40,41);4-8,11H,9-10,12H2,1-3H3,(H,28,35)(H,33,34)(H,27,29,30);1-4H,11H2. The van der Waals surface area contributed by atoms with Crippen molar-refractivity contribution in [1.82, 2.24) is 40.4 Å². The number of carboxylic acid groups (broad SMARTS) is 1. The minimum Gasteiger partial charge on any atom is -0.478 e. The van der Waals surface area contributed by atoms with Gasteiger partial charge in [-0.25, -0.2) is 51.7 Å². The highest BCUT2D eigenvalue weighted by molar-refractivity contribution is 6.06. The van der Waals surface area contributed by atoms with Gasteiger partial charge in [0.15, 0.2) is 11.6 Å². The Kier molecular flexibility index (Phi) is 20.4. The molecule has 0 aliphatic carbocycles. The molecule has 8 N–H and O–H groups in total. The summed E-state index contributed by atoms with van der Waals surface area (Å²) in [6.45, 7) is 5.59. The van der Waals surface area contributed by atoms with Crippen molar-refractivity contribution < 1.29 is 68.2 Å². The fourth-order valence-electron chi connectivity index (χ4n) is 9.17. The van der Waals surface area contributed by atoms with Crippen LogP contribution in [0.4, 0.5) is 99.8 Å². The van der Waals surface area contributed by atoms with Gasteiger partial charge in [-0.3, -0.25) is 4.79 Å². The minimum absolute atomic E-state index is 0.00914. The van der Waals surface area contributed by atoms with Crippen molar-refractivity contribution in [3.05, 3.63) is 189 Å². The summed E-state index contributed by atoms with van der Waals surface area (Å²) in [6, 6.07) is 22.8. The highest BCUT2D eigenvalue weighted by Crippen LogP contribution is 2.42. The average Bonchev–Trinajstić information content (AvgIpc) is 0.780. The summed E-state index contributed by atoms with van der Waals surface area (Å²) in [5, 5.41) is 23.5. The Morgan fingerprint density at radius 2 is 0.956 bits per heavy atom. The van der Waals surface area contributed by atoms with E-state index in [1.165, 1.54) is 36.4 Å². The maximum absolute atomic E-state index is 15.0. The van der Waals surface area contributed by atoms with Crippen molar-refractivity contribution >= 4 is 70.2 Å². The predicted octanol–water partition coefficient (Wildman–Crippen LogP) is 12.4. The molecule has 6 aromatic carbocycles. The van der Waals surface area contributed by atoms with Gasteiger partial charge in [0, 0.05) is 65.4 Å². The number of aromatic carboxylic acids is 1. The summed E-state index contributed by atoms with van der Waals surface area (Å²) >= 11 is 0. The Bertz CT molecular complexity index is 3980. The molecule has 19 nitrogen and oxygen atoms in total. The summed E-state index contributed by atoms with van der Waals surface area (Å²) < 4.78 is 134. The maximum atomic E-state index is 15.0. The molecule has 4 heterocycles. The number of rotatable bonds is 15. The number of carbonyl (C=O) groups is 4. The number of para-hydroxylation sites is 2. The molecule has 91 heavy (non-hydrogen) atoms. The number of nitrogens with zero attached hydrogens (tertiary/aromatic N) is 8. The van der Waals surface area contributed by atoms with Crippen LogP contribution < -0.4 is 42.1 Å². The molecule has 0 saturated heterocycles. The van der Waals surface area contributed by atoms with Crippen molar-refractivity contribution in [2.45, 2.75) is 39.3 Å². The first-order valence-electron chi connectivity index (χ1n) is 27.5. The number of urea groups is 2. The van der Waals surface area contributed by atoms with Gasteiger partial charge >= 0.3 is 30.4 Å². The van der Waals surface area contributed by atoms with Crippen LogP contribution in [0.3, 0.4) is 0 Å². The van der Waals surface area contributed by atoms with E-state index in [0.717, 1.165) is 76.0 Å². The molecular weight excluding hydrogens is 1210 g/mol. The van der Waals surface area contributed by atoms with Crippen LogP contribution in [0.5, 0.6) is 0 Å². The van der Waals surface area contributed by atoms with Crippen LogP contribution >= 0.6 is 0 Å². The van der Waals surface area contributed by atoms with E-state index in [0.29, 0.717) is 71.1 Å². The SMILES string of the molecule is Cc1ccc(C(=O)Nc2ccc(C(F)(F)F)cc2)cc1-c1nc(NCCN(C)C)nc2c1CNC(=O)N2c1c(F)cccc1F.Cc1ccc(C(=O)O)cc1-c1nc(NCCN(C)C)nc2c1CNC(=O)N2c1c(F)cccc1F.Nc1ccc(C(F)(F)F)cc1. The highest BCUT2D eigenvalue weighted by atomic mass is 19.4. The molecule has 0 atom stereocenters. The molecule has 0 bridgehead atoms. The molecule has 0 spiro atoms. The van der Waals surface area contributed by atoms with Crippen molar-refractivity contribution in [3.8, 4) is 22.5 Å². The van der Waals surface area contributed by atoms with Gasteiger partial charge in [0.2, 0.25) is 11.9 Å². The van der Waals surface area contributed by atoms with E-state index in [-0.39, 0.29) is 53.4 Å². The molecule has 2 aliphatic rings. The lowest BCUT2D eigenvalue weighted by Crippen LogP contribution is -2.43. The molecule has 0 unspecified atom stereocenters. The number of nitrogen functional groups attached to an aromatic ring is 1. The summed E-state index contributed by atoms with van der Waals surface area (Å²) in [5.74, 6) is -5.32. The van der Waals surface area contributed by atoms with E-state index in [4.69, 9.17) is 5.73 Å². The van der Waals surface area contributed by atoms with Gasteiger partial charge in [-0.2, -0.15) is 36.3 Å². The number of hydrogen-bond acceptors (Lipinski definition) is 13. The number of alkyl halides is 6. The Labute approximate surface area is 514 Å². The number of aryl methyl sites for hydroxylation is 2. The third kappa shape index (κ3) is 15.9. The van der Waals surface area contributed by atoms with E-state index >= 15 is 0 Å². The van der Waals surface area contributed by atoms with Crippen LogP contribution in [0.15, 0.2) is 121 Å². The van der Waals surface area contributed by atoms with Crippen molar-refractivity contribution in [2.75, 3.05) is 85.9 Å². The molecule has 5 amide bonds. The Balaban J connectivity index is 0.000000205. The molecule has 8 aromatic rings. The summed E-state index contributed by atoms with van der Waals surface area (Å²) in [6.07, 6.45) is -8.79. The van der Waals surface area contributed by atoms with Crippen molar-refractivity contribution in [3.63, 3.8) is 0 Å². The quantitative estimate of drug-likeness (QED) is 0.0373. The molecule has 2 aliphatic heterocycles. The smallest absolute Gasteiger partial charge is 0.416 e. The molecule has 2 aromatic heterocycles. The highest BCUT2D eigenvalue weighted by Gasteiger charge is 2.37. The minimum atomic E-state index is -4.52. The number of nitrogens with two attached hydrogens (primary N) is 1. The van der Waals surface area contributed by atoms with Gasteiger partial charge in [0.05, 0.1) is 41.2 Å². The molecular formula is C62H58F10N14O5. The average molecular weight is 1270 g/mol. The van der Waals surface area contributed by atoms with Gasteiger partial charge in [-0.05, 0) is 150 Å². The first kappa shape index (κ1) is 66.5. The van der Waals surface area contributed by atoms with Gasteiger partial charge in [0.25, 0.3) is 5.91 Å². The summed E-state index contributed by atoms with van der Waals surface area (Å²) in [7, 11) is 7.54. The molecule has 10 rings (SSSR count). The zero-order chi connectivity index (χ0) is 66.2. The molecule has 29 heteroatoms. The third-order valence-electron chi connectivity index (χ3n) is 13.8. The number of fused-ring (bicyclic) bond motifs is 2. The number of anilines is 8. The van der Waals surface area contributed by atoms with Crippen LogP contribution in [0.25, 0.3) is 22.5 Å². The number of halogens is 10. The monoisotopic (exact) mass is 1270 g/mol. The third-order valence-corrected chi connectivity index (χ3v) is 13.8. The first-order chi connectivity index (χ1) is 43.0. The van der Waals surface area contributed by atoms with Gasteiger partial charge in [-0.15, -0.1) is 0 Å². The molecule has 0 fully saturated rings. The van der Waals surface area contributed by atoms with Crippen LogP contribution in [0.1, 0.15) is 54.1 Å². The fourth-order valence-corrected chi connectivity index (χ4v) is 9.17. The Morgan fingerprint density at radius 3 is 1.34 bits per heavy atom. The number of nitrogens with one attached hydrogen (secondary N) is 5. The number of hydrogen-bond donors (Lipinski definition) is 7. The number of carboxylic acids is 1. The van der Waals surface area contributed by atoms with E-state index < -0.39 is 82.1 Å². The van der Waals surface area contributed by atoms with Gasteiger partial charge in [-0.1, -0.05) is 24.3 Å². The number of carbonyl (C=O) groups excluding carboxylic acids is 3. The molecule has 0 saturated carbocycles. The largest absolute Gasteiger partial charge is 0.478 e. The van der Waals surface area contributed by atoms with Crippen molar-refractivity contribution in [1.29, 1.82) is 0 Å². The van der Waals surface area contributed by atoms with Gasteiger partial charge in [0.1, 0.15) is 34.6 Å². The van der Waals surface area contributed by atoms with E-state index in [2.05, 4.69) is 46.5 Å². The lowest BCUT2D eigenvalue weighted by molar-refractivity contribution is -0.138. The van der Waals surface area contributed by atoms with Crippen molar-refractivity contribution in [2.24, 2.45) is 0 Å². The summed E-state index contributed by atoms with van der Waals surface area (Å²) in [4.78, 5) is 74.5. The maximum Gasteiger partial charge on any atom is 0.416 e. The number of benzene rings is 6. The Morgan fingerprint density at radius 1 is 0.571 bits per heavy atom. The second-order valence-electron chi connectivity index (χ2n) is 21.0. The predicted molar refractivity (Wildman–Crippen MR) is 322 cm³/mol. The van der Waals surface area contributed by atoms with Crippen LogP contribution in [-0.2, 0) is 25.4 Å². The number of likely N-dealkylation sites (N-methyl/N-ethyl adjacent to an activating group) is 2.